The van der Waals surface area contributed by atoms with E-state index in [9.17, 15) is 4.39 Å². The van der Waals surface area contributed by atoms with Crippen LogP contribution in [0.4, 0.5) is 4.39 Å². The van der Waals surface area contributed by atoms with Gasteiger partial charge in [-0.1, -0.05) is 6.07 Å². The Hall–Kier alpha value is -1.09. The molecule has 1 rings (SSSR count). The van der Waals surface area contributed by atoms with Crippen LogP contribution in [0.15, 0.2) is 18.2 Å². The maximum atomic E-state index is 12.4. The molecule has 1 aromatic rings. The van der Waals surface area contributed by atoms with Gasteiger partial charge in [0.1, 0.15) is 0 Å². The van der Waals surface area contributed by atoms with Crippen LogP contribution >= 0.6 is 0 Å². The predicted molar refractivity (Wildman–Crippen MR) is 38.8 cm³/mol. The predicted octanol–water partition coefficient (Wildman–Crippen LogP) is 1.68. The minimum absolute atomic E-state index is 0.334. The topological polar surface area (TPSA) is 29.5 Å². The van der Waals surface area contributed by atoms with Crippen LogP contribution in [0, 0.1) is 5.82 Å². The van der Waals surface area contributed by atoms with Gasteiger partial charge in [-0.2, -0.15) is 0 Å². The van der Waals surface area contributed by atoms with Crippen LogP contribution in [0.2, 0.25) is 0 Å². The molecule has 0 aliphatic carbocycles. The molecule has 11 heavy (non-hydrogen) atoms. The molecule has 0 saturated heterocycles. The molecule has 0 radical (unpaired) electrons. The summed E-state index contributed by atoms with van der Waals surface area (Å²) in [6.45, 7) is 0.383. The number of aromatic hydroxyl groups is 1. The molecule has 0 atom stereocenters. The van der Waals surface area contributed by atoms with E-state index in [1.54, 1.807) is 13.2 Å². The summed E-state index contributed by atoms with van der Waals surface area (Å²) >= 11 is 0. The van der Waals surface area contributed by atoms with Gasteiger partial charge in [-0.3, -0.25) is 0 Å². The number of halogens is 1. The first-order valence-corrected chi connectivity index (χ1v) is 3.20. The second kappa shape index (κ2) is 3.34. The Morgan fingerprint density at radius 2 is 2.27 bits per heavy atom. The first-order valence-electron chi connectivity index (χ1n) is 3.20. The van der Waals surface area contributed by atoms with Gasteiger partial charge in [0, 0.05) is 7.11 Å². The van der Waals surface area contributed by atoms with Crippen LogP contribution in [-0.2, 0) is 11.3 Å². The monoisotopic (exact) mass is 156 g/mol. The highest BCUT2D eigenvalue weighted by atomic mass is 19.1. The average molecular weight is 156 g/mol. The lowest BCUT2D eigenvalue weighted by molar-refractivity contribution is 0.184. The molecule has 1 N–H and O–H groups in total. The minimum atomic E-state index is -0.607. The smallest absolute Gasteiger partial charge is 0.164 e. The Labute approximate surface area is 64.2 Å². The maximum absolute atomic E-state index is 12.4. The van der Waals surface area contributed by atoms with Crippen molar-refractivity contribution in [2.45, 2.75) is 6.61 Å². The third kappa shape index (κ3) is 1.91. The summed E-state index contributed by atoms with van der Waals surface area (Å²) in [6.07, 6.45) is 0. The molecule has 1 aromatic carbocycles. The molecule has 0 saturated carbocycles. The molecular formula is C8H9FO2. The highest BCUT2D eigenvalue weighted by Gasteiger charge is 1.99. The average Bonchev–Trinajstić information content (AvgIpc) is 1.98. The second-order valence-corrected chi connectivity index (χ2v) is 2.22. The van der Waals surface area contributed by atoms with Crippen molar-refractivity contribution in [1.29, 1.82) is 0 Å². The number of hydrogen-bond acceptors (Lipinski definition) is 2. The summed E-state index contributed by atoms with van der Waals surface area (Å²) < 4.78 is 17.2. The zero-order chi connectivity index (χ0) is 8.27. The van der Waals surface area contributed by atoms with Gasteiger partial charge in [0.25, 0.3) is 0 Å². The lowest BCUT2D eigenvalue weighted by Gasteiger charge is -2.00. The first kappa shape index (κ1) is 8.01. The van der Waals surface area contributed by atoms with Crippen LogP contribution in [0.5, 0.6) is 5.75 Å². The fourth-order valence-electron chi connectivity index (χ4n) is 0.815. The van der Waals surface area contributed by atoms with Crippen molar-refractivity contribution in [3.8, 4) is 5.75 Å². The molecule has 2 nitrogen and oxygen atoms in total. The molecule has 0 aromatic heterocycles. The molecule has 0 aliphatic rings. The number of hydrogen-bond donors (Lipinski definition) is 1. The van der Waals surface area contributed by atoms with E-state index >= 15 is 0 Å². The summed E-state index contributed by atoms with van der Waals surface area (Å²) in [5.74, 6) is -0.940. The van der Waals surface area contributed by atoms with Gasteiger partial charge in [0.2, 0.25) is 0 Å². The van der Waals surface area contributed by atoms with E-state index in [1.165, 1.54) is 12.1 Å². The first-order chi connectivity index (χ1) is 5.24. The van der Waals surface area contributed by atoms with Crippen molar-refractivity contribution < 1.29 is 14.2 Å². The van der Waals surface area contributed by atoms with E-state index in [0.717, 1.165) is 5.56 Å². The van der Waals surface area contributed by atoms with Gasteiger partial charge < -0.3 is 9.84 Å². The van der Waals surface area contributed by atoms with E-state index in [1.807, 2.05) is 0 Å². The molecular weight excluding hydrogens is 147 g/mol. The van der Waals surface area contributed by atoms with E-state index < -0.39 is 5.82 Å². The number of benzene rings is 1. The Morgan fingerprint density at radius 1 is 1.55 bits per heavy atom. The van der Waals surface area contributed by atoms with Crippen LogP contribution in [0.3, 0.4) is 0 Å². The summed E-state index contributed by atoms with van der Waals surface area (Å²) in [4.78, 5) is 0. The number of ether oxygens (including phenoxy) is 1. The zero-order valence-electron chi connectivity index (χ0n) is 6.17. The number of methoxy groups -OCH3 is 1. The summed E-state index contributed by atoms with van der Waals surface area (Å²) in [6, 6.07) is 4.13. The van der Waals surface area contributed by atoms with Crippen molar-refractivity contribution in [1.82, 2.24) is 0 Å². The molecule has 60 valence electrons. The van der Waals surface area contributed by atoms with Crippen molar-refractivity contribution >= 4 is 0 Å². The van der Waals surface area contributed by atoms with Gasteiger partial charge in [0.15, 0.2) is 11.6 Å². The number of phenols is 1. The van der Waals surface area contributed by atoms with Gasteiger partial charge in [-0.05, 0) is 17.7 Å². The molecule has 3 heteroatoms. The number of rotatable bonds is 2. The van der Waals surface area contributed by atoms with E-state index in [0.29, 0.717) is 6.61 Å². The van der Waals surface area contributed by atoms with E-state index in [2.05, 4.69) is 0 Å². The Morgan fingerprint density at radius 3 is 2.82 bits per heavy atom. The Balaban J connectivity index is 2.86. The molecule has 0 amide bonds. The Bertz CT molecular complexity index is 248. The van der Waals surface area contributed by atoms with Crippen LogP contribution in [-0.4, -0.2) is 12.2 Å². The van der Waals surface area contributed by atoms with Crippen molar-refractivity contribution in [2.24, 2.45) is 0 Å². The Kier molecular flexibility index (Phi) is 2.44. The maximum Gasteiger partial charge on any atom is 0.164 e. The summed E-state index contributed by atoms with van der Waals surface area (Å²) in [5, 5.41) is 8.90. The van der Waals surface area contributed by atoms with Gasteiger partial charge >= 0.3 is 0 Å². The number of phenolic OH excluding ortho intramolecular Hbond substituents is 1. The normalized spacial score (nSPS) is 10.0. The van der Waals surface area contributed by atoms with Crippen molar-refractivity contribution in [3.63, 3.8) is 0 Å². The van der Waals surface area contributed by atoms with Crippen LogP contribution in [0.1, 0.15) is 5.56 Å². The molecule has 0 heterocycles. The van der Waals surface area contributed by atoms with Crippen molar-refractivity contribution in [3.05, 3.63) is 29.6 Å². The second-order valence-electron chi connectivity index (χ2n) is 2.22. The van der Waals surface area contributed by atoms with Crippen LogP contribution < -0.4 is 0 Å². The van der Waals surface area contributed by atoms with Crippen LogP contribution in [0.25, 0.3) is 0 Å². The molecule has 0 fully saturated rings. The third-order valence-corrected chi connectivity index (χ3v) is 1.32. The van der Waals surface area contributed by atoms with Gasteiger partial charge in [-0.25, -0.2) is 4.39 Å². The lowest BCUT2D eigenvalue weighted by atomic mass is 10.2. The highest BCUT2D eigenvalue weighted by Crippen LogP contribution is 2.16. The summed E-state index contributed by atoms with van der Waals surface area (Å²) in [5.41, 5.74) is 0.756. The van der Waals surface area contributed by atoms with Gasteiger partial charge in [0.05, 0.1) is 6.61 Å². The molecule has 0 spiro atoms. The van der Waals surface area contributed by atoms with Gasteiger partial charge in [-0.15, -0.1) is 0 Å². The molecule has 0 unspecified atom stereocenters. The van der Waals surface area contributed by atoms with E-state index in [-0.39, 0.29) is 5.75 Å². The fourth-order valence-corrected chi connectivity index (χ4v) is 0.815. The molecule has 0 bridgehead atoms. The largest absolute Gasteiger partial charge is 0.505 e. The lowest BCUT2D eigenvalue weighted by Crippen LogP contribution is -1.87. The molecule has 0 aliphatic heterocycles. The minimum Gasteiger partial charge on any atom is -0.505 e. The third-order valence-electron chi connectivity index (χ3n) is 1.32. The highest BCUT2D eigenvalue weighted by molar-refractivity contribution is 5.28. The standard InChI is InChI=1S/C8H9FO2/c1-11-5-6-2-3-7(9)8(10)4-6/h2-4,10H,5H2,1H3. The zero-order valence-corrected chi connectivity index (χ0v) is 6.17. The SMILES string of the molecule is COCc1ccc(F)c(O)c1. The summed E-state index contributed by atoms with van der Waals surface area (Å²) in [7, 11) is 1.54. The van der Waals surface area contributed by atoms with E-state index in [4.69, 9.17) is 9.84 Å². The quantitative estimate of drug-likeness (QED) is 0.705. The fraction of sp³-hybridized carbons (Fsp3) is 0.250. The van der Waals surface area contributed by atoms with Crippen molar-refractivity contribution in [2.75, 3.05) is 7.11 Å².